The first-order valence-corrected chi connectivity index (χ1v) is 7.98. The van der Waals surface area contributed by atoms with E-state index in [1.165, 1.54) is 6.07 Å². The van der Waals surface area contributed by atoms with E-state index in [0.29, 0.717) is 6.04 Å². The molecule has 0 aromatic heterocycles. The zero-order chi connectivity index (χ0) is 14.9. The SMILES string of the molecule is CSC1=NC(C)(C)N(C(C)C)C=C1c1cccc(F)c1. The van der Waals surface area contributed by atoms with E-state index in [-0.39, 0.29) is 11.5 Å². The maximum atomic E-state index is 13.5. The van der Waals surface area contributed by atoms with Crippen LogP contribution in [0.5, 0.6) is 0 Å². The first-order chi connectivity index (χ1) is 9.35. The van der Waals surface area contributed by atoms with Crippen molar-refractivity contribution in [1.29, 1.82) is 0 Å². The molecule has 0 aliphatic carbocycles. The van der Waals surface area contributed by atoms with Crippen molar-refractivity contribution in [3.8, 4) is 0 Å². The predicted molar refractivity (Wildman–Crippen MR) is 86.4 cm³/mol. The van der Waals surface area contributed by atoms with Crippen molar-refractivity contribution in [3.05, 3.63) is 41.8 Å². The molecule has 1 aliphatic heterocycles. The fraction of sp³-hybridized carbons (Fsp3) is 0.438. The zero-order valence-electron chi connectivity index (χ0n) is 12.6. The minimum Gasteiger partial charge on any atom is -0.351 e. The Hall–Kier alpha value is -1.29. The standard InChI is InChI=1S/C16H21FN2S/c1-11(2)19-10-14(12-7-6-8-13(17)9-12)15(20-5)18-16(19,3)4/h6-11H,1-5H3. The van der Waals surface area contributed by atoms with Crippen LogP contribution in [-0.2, 0) is 0 Å². The lowest BCUT2D eigenvalue weighted by Crippen LogP contribution is -2.45. The molecule has 0 bridgehead atoms. The van der Waals surface area contributed by atoms with E-state index in [1.54, 1.807) is 23.9 Å². The van der Waals surface area contributed by atoms with Crippen LogP contribution in [-0.4, -0.2) is 27.9 Å². The summed E-state index contributed by atoms with van der Waals surface area (Å²) in [4.78, 5) is 7.05. The van der Waals surface area contributed by atoms with Crippen LogP contribution in [0.3, 0.4) is 0 Å². The maximum Gasteiger partial charge on any atom is 0.127 e. The molecule has 0 atom stereocenters. The van der Waals surface area contributed by atoms with Crippen molar-refractivity contribution in [2.45, 2.75) is 39.4 Å². The summed E-state index contributed by atoms with van der Waals surface area (Å²) in [6.07, 6.45) is 4.12. The van der Waals surface area contributed by atoms with Gasteiger partial charge in [0.05, 0.1) is 0 Å². The van der Waals surface area contributed by atoms with Crippen LogP contribution >= 0.6 is 11.8 Å². The summed E-state index contributed by atoms with van der Waals surface area (Å²) in [6.45, 7) is 8.48. The monoisotopic (exact) mass is 292 g/mol. The molecule has 0 fully saturated rings. The lowest BCUT2D eigenvalue weighted by atomic mass is 10.0. The summed E-state index contributed by atoms with van der Waals surface area (Å²) in [7, 11) is 0. The molecular formula is C16H21FN2S. The van der Waals surface area contributed by atoms with Gasteiger partial charge < -0.3 is 4.90 Å². The first kappa shape index (κ1) is 15.1. The Morgan fingerprint density at radius 2 is 2.00 bits per heavy atom. The molecule has 1 heterocycles. The second-order valence-electron chi connectivity index (χ2n) is 5.67. The minimum absolute atomic E-state index is 0.218. The van der Waals surface area contributed by atoms with Crippen molar-refractivity contribution in [2.24, 2.45) is 4.99 Å². The zero-order valence-corrected chi connectivity index (χ0v) is 13.5. The Morgan fingerprint density at radius 3 is 2.55 bits per heavy atom. The van der Waals surface area contributed by atoms with Crippen molar-refractivity contribution >= 4 is 22.4 Å². The van der Waals surface area contributed by atoms with E-state index in [1.807, 2.05) is 12.3 Å². The molecule has 4 heteroatoms. The van der Waals surface area contributed by atoms with E-state index in [2.05, 4.69) is 38.8 Å². The van der Waals surface area contributed by atoms with Gasteiger partial charge in [0, 0.05) is 17.8 Å². The van der Waals surface area contributed by atoms with Gasteiger partial charge in [0.2, 0.25) is 0 Å². The molecule has 108 valence electrons. The fourth-order valence-corrected chi connectivity index (χ4v) is 3.21. The lowest BCUT2D eigenvalue weighted by Gasteiger charge is -2.42. The molecular weight excluding hydrogens is 271 g/mol. The number of nitrogens with zero attached hydrogens (tertiary/aromatic N) is 2. The van der Waals surface area contributed by atoms with Crippen LogP contribution in [0, 0.1) is 5.82 Å². The van der Waals surface area contributed by atoms with Gasteiger partial charge in [-0.1, -0.05) is 12.1 Å². The van der Waals surface area contributed by atoms with Crippen molar-refractivity contribution in [3.63, 3.8) is 0 Å². The highest BCUT2D eigenvalue weighted by Crippen LogP contribution is 2.33. The number of hydrogen-bond acceptors (Lipinski definition) is 3. The van der Waals surface area contributed by atoms with Crippen LogP contribution in [0.25, 0.3) is 5.57 Å². The van der Waals surface area contributed by atoms with E-state index < -0.39 is 0 Å². The fourth-order valence-electron chi connectivity index (χ4n) is 2.51. The molecule has 0 radical (unpaired) electrons. The van der Waals surface area contributed by atoms with Crippen molar-refractivity contribution < 1.29 is 4.39 Å². The molecule has 1 aromatic rings. The Bertz CT molecular complexity index is 561. The minimum atomic E-state index is -0.274. The number of halogens is 1. The number of benzene rings is 1. The van der Waals surface area contributed by atoms with E-state index >= 15 is 0 Å². The van der Waals surface area contributed by atoms with Gasteiger partial charge in [0.15, 0.2) is 0 Å². The van der Waals surface area contributed by atoms with Gasteiger partial charge >= 0.3 is 0 Å². The van der Waals surface area contributed by atoms with Crippen LogP contribution in [0.1, 0.15) is 33.3 Å². The molecule has 0 saturated heterocycles. The van der Waals surface area contributed by atoms with E-state index in [4.69, 9.17) is 4.99 Å². The molecule has 0 amide bonds. The quantitative estimate of drug-likeness (QED) is 0.803. The Labute approximate surface area is 124 Å². The molecule has 1 aromatic carbocycles. The van der Waals surface area contributed by atoms with Gasteiger partial charge in [0.25, 0.3) is 0 Å². The van der Waals surface area contributed by atoms with Gasteiger partial charge in [-0.3, -0.25) is 4.99 Å². The molecule has 0 N–H and O–H groups in total. The maximum absolute atomic E-state index is 13.5. The predicted octanol–water partition coefficient (Wildman–Crippen LogP) is 4.39. The van der Waals surface area contributed by atoms with E-state index in [9.17, 15) is 4.39 Å². The summed E-state index contributed by atoms with van der Waals surface area (Å²) in [5, 5.41) is 0.956. The second-order valence-corrected chi connectivity index (χ2v) is 6.46. The van der Waals surface area contributed by atoms with Gasteiger partial charge in [-0.25, -0.2) is 4.39 Å². The van der Waals surface area contributed by atoms with Crippen LogP contribution in [0.4, 0.5) is 4.39 Å². The van der Waals surface area contributed by atoms with E-state index in [0.717, 1.165) is 16.2 Å². The molecule has 0 saturated carbocycles. The summed E-state index contributed by atoms with van der Waals surface area (Å²) in [5.74, 6) is -0.218. The third kappa shape index (κ3) is 2.90. The molecule has 2 nitrogen and oxygen atoms in total. The van der Waals surface area contributed by atoms with Crippen LogP contribution in [0.2, 0.25) is 0 Å². The average molecular weight is 292 g/mol. The number of aliphatic imine (C=N–C) groups is 1. The number of hydrogen-bond donors (Lipinski definition) is 0. The molecule has 2 rings (SSSR count). The van der Waals surface area contributed by atoms with Gasteiger partial charge in [0.1, 0.15) is 16.5 Å². The van der Waals surface area contributed by atoms with Crippen LogP contribution in [0.15, 0.2) is 35.5 Å². The molecule has 1 aliphatic rings. The van der Waals surface area contributed by atoms with Crippen LogP contribution < -0.4 is 0 Å². The summed E-state index contributed by atoms with van der Waals surface area (Å²) >= 11 is 1.60. The summed E-state index contributed by atoms with van der Waals surface area (Å²) in [5.41, 5.74) is 1.59. The first-order valence-electron chi connectivity index (χ1n) is 6.75. The van der Waals surface area contributed by atoms with Gasteiger partial charge in [-0.05, 0) is 51.6 Å². The third-order valence-electron chi connectivity index (χ3n) is 3.39. The highest BCUT2D eigenvalue weighted by atomic mass is 32.2. The van der Waals surface area contributed by atoms with Gasteiger partial charge in [-0.2, -0.15) is 0 Å². The lowest BCUT2D eigenvalue weighted by molar-refractivity contribution is 0.154. The second kappa shape index (κ2) is 5.60. The van der Waals surface area contributed by atoms with Crippen molar-refractivity contribution in [2.75, 3.05) is 6.26 Å². The number of rotatable bonds is 2. The normalized spacial score (nSPS) is 18.1. The topological polar surface area (TPSA) is 15.6 Å². The van der Waals surface area contributed by atoms with Crippen molar-refractivity contribution in [1.82, 2.24) is 4.90 Å². The molecule has 0 unspecified atom stereocenters. The largest absolute Gasteiger partial charge is 0.351 e. The average Bonchev–Trinajstić information content (AvgIpc) is 2.36. The number of thioether (sulfide) groups is 1. The third-order valence-corrected chi connectivity index (χ3v) is 4.09. The smallest absolute Gasteiger partial charge is 0.127 e. The summed E-state index contributed by atoms with van der Waals surface area (Å²) in [6, 6.07) is 7.03. The Morgan fingerprint density at radius 1 is 1.30 bits per heavy atom. The summed E-state index contributed by atoms with van der Waals surface area (Å²) < 4.78 is 13.5. The highest BCUT2D eigenvalue weighted by molar-refractivity contribution is 8.14. The molecule has 0 spiro atoms. The highest BCUT2D eigenvalue weighted by Gasteiger charge is 2.31. The molecule has 20 heavy (non-hydrogen) atoms. The van der Waals surface area contributed by atoms with Gasteiger partial charge in [-0.15, -0.1) is 11.8 Å². The Kier molecular flexibility index (Phi) is 4.23. The Balaban J connectivity index is 2.52.